The molecule has 0 saturated carbocycles. The van der Waals surface area contributed by atoms with Crippen LogP contribution in [0, 0.1) is 25.2 Å². The van der Waals surface area contributed by atoms with Crippen molar-refractivity contribution in [3.8, 4) is 27.6 Å². The van der Waals surface area contributed by atoms with Gasteiger partial charge >= 0.3 is 11.4 Å². The number of H-pyrrole nitrogens is 1. The van der Waals surface area contributed by atoms with Gasteiger partial charge in [0.25, 0.3) is 11.1 Å². The van der Waals surface area contributed by atoms with E-state index in [1.54, 1.807) is 17.7 Å². The van der Waals surface area contributed by atoms with Gasteiger partial charge in [0.1, 0.15) is 40.9 Å². The van der Waals surface area contributed by atoms with Crippen molar-refractivity contribution in [1.82, 2.24) is 48.9 Å². The van der Waals surface area contributed by atoms with Crippen molar-refractivity contribution < 1.29 is 18.3 Å². The highest BCUT2D eigenvalue weighted by molar-refractivity contribution is 7.22. The lowest BCUT2D eigenvalue weighted by molar-refractivity contribution is -0.00357. The minimum atomic E-state index is -0.544. The van der Waals surface area contributed by atoms with E-state index in [-0.39, 0.29) is 44.2 Å². The van der Waals surface area contributed by atoms with E-state index < -0.39 is 34.7 Å². The number of oxazole rings is 2. The molecule has 2 aromatic carbocycles. The number of aryl methyl sites for hydroxylation is 2. The maximum absolute atomic E-state index is 13.7. The van der Waals surface area contributed by atoms with E-state index in [0.29, 0.717) is 53.1 Å². The van der Waals surface area contributed by atoms with Crippen LogP contribution in [-0.2, 0) is 35.7 Å². The van der Waals surface area contributed by atoms with Gasteiger partial charge in [0.2, 0.25) is 11.8 Å². The molecule has 0 aliphatic rings. The minimum Gasteiger partial charge on any atom is -0.444 e. The smallest absolute Gasteiger partial charge is 0.333 e. The van der Waals surface area contributed by atoms with Crippen molar-refractivity contribution in [2.24, 2.45) is 0 Å². The average molecular weight is 944 g/mol. The molecule has 0 amide bonds. The van der Waals surface area contributed by atoms with Crippen LogP contribution in [0.4, 0.5) is 0 Å². The number of benzene rings is 2. The normalized spacial score (nSPS) is 12.5. The lowest BCUT2D eigenvalue weighted by atomic mass is 10.1. The molecule has 21 heteroatoms. The van der Waals surface area contributed by atoms with Gasteiger partial charge in [0.15, 0.2) is 5.82 Å². The van der Waals surface area contributed by atoms with Crippen LogP contribution in [0.2, 0.25) is 0 Å². The van der Waals surface area contributed by atoms with Crippen LogP contribution in [0.25, 0.3) is 42.0 Å². The van der Waals surface area contributed by atoms with Gasteiger partial charge in [-0.3, -0.25) is 23.3 Å². The van der Waals surface area contributed by atoms with Gasteiger partial charge in [-0.05, 0) is 63.8 Å². The molecule has 0 aliphatic carbocycles. The molecule has 7 aromatic heterocycles. The molecule has 0 bridgehead atoms. The van der Waals surface area contributed by atoms with Gasteiger partial charge in [-0.1, -0.05) is 65.9 Å². The summed E-state index contributed by atoms with van der Waals surface area (Å²) in [5, 5.41) is 23.8. The number of nitrogens with one attached hydrogen (secondary N) is 1. The highest BCUT2D eigenvalue weighted by Crippen LogP contribution is 2.38. The minimum absolute atomic E-state index is 0.0791. The number of aromatic amines is 1. The van der Waals surface area contributed by atoms with Crippen LogP contribution >= 0.6 is 22.7 Å². The zero-order valence-electron chi connectivity index (χ0n) is 37.3. The van der Waals surface area contributed by atoms with Crippen molar-refractivity contribution >= 4 is 43.1 Å². The van der Waals surface area contributed by atoms with Crippen molar-refractivity contribution in [1.29, 1.82) is 5.26 Å². The lowest BCUT2D eigenvalue weighted by Gasteiger charge is -2.22. The number of thiophene rings is 2. The first-order valence-electron chi connectivity index (χ1n) is 21.2. The molecule has 19 nitrogen and oxygen atoms in total. The predicted molar refractivity (Wildman–Crippen MR) is 251 cm³/mol. The molecule has 0 aliphatic heterocycles. The van der Waals surface area contributed by atoms with E-state index in [1.165, 1.54) is 46.0 Å². The molecule has 0 fully saturated rings. The molecule has 0 saturated heterocycles. The van der Waals surface area contributed by atoms with E-state index in [9.17, 15) is 24.4 Å². The van der Waals surface area contributed by atoms with Crippen LogP contribution in [0.1, 0.15) is 68.0 Å². The second kappa shape index (κ2) is 20.0. The molecule has 344 valence electrons. The quantitative estimate of drug-likeness (QED) is 0.111. The molecule has 1 N–H and O–H groups in total. The topological polar surface area (TPSA) is 237 Å². The summed E-state index contributed by atoms with van der Waals surface area (Å²) >= 11 is 2.57. The molecular weight excluding hydrogens is 899 g/mol. The van der Waals surface area contributed by atoms with Gasteiger partial charge in [-0.15, -0.1) is 32.9 Å². The number of fused-ring (bicyclic) bond motifs is 2. The van der Waals surface area contributed by atoms with E-state index in [0.717, 1.165) is 20.3 Å². The third kappa shape index (κ3) is 9.50. The summed E-state index contributed by atoms with van der Waals surface area (Å²) in [6, 6.07) is 21.3. The van der Waals surface area contributed by atoms with E-state index in [4.69, 9.17) is 18.3 Å². The number of rotatable bonds is 15. The average Bonchev–Trinajstić information content (AvgIpc) is 4.19. The summed E-state index contributed by atoms with van der Waals surface area (Å²) < 4.78 is 28.5. The Kier molecular flexibility index (Phi) is 13.8. The van der Waals surface area contributed by atoms with Gasteiger partial charge in [0.05, 0.1) is 70.8 Å². The monoisotopic (exact) mass is 943 g/mol. The number of tetrazole rings is 1. The number of nitriles is 1. The summed E-state index contributed by atoms with van der Waals surface area (Å²) in [5.41, 5.74) is 1.25. The molecule has 2 atom stereocenters. The highest BCUT2D eigenvalue weighted by Gasteiger charge is 2.27. The summed E-state index contributed by atoms with van der Waals surface area (Å²) in [6.07, 6.45) is 5.02. The zero-order valence-corrected chi connectivity index (χ0v) is 38.9. The Labute approximate surface area is 389 Å². The molecule has 0 unspecified atom stereocenters. The molecule has 0 radical (unpaired) electrons. The SMILES string of the molecule is Cc1c(-c2ncco2)sc2c1c(=O)n(CC#N)c(=O)n2C[C@H](OC(C)C)c1ccccc1.Cc1c(-c2ncco2)sc2c1c(=O)n(Cc1nn[nH]n1)c(=O)n2C[C@H](OC(C)C)c1ccccc1. The van der Waals surface area contributed by atoms with Gasteiger partial charge in [-0.2, -0.15) is 10.5 Å². The first kappa shape index (κ1) is 46.2. The lowest BCUT2D eigenvalue weighted by Crippen LogP contribution is -2.41. The molecule has 9 aromatic rings. The standard InChI is InChI=1S/C23H23N7O4S.C23H22N4O4S/c1-13(2)34-16(15-7-5-4-6-8-15)11-30-22-18(14(3)19(35-22)20-24-9-10-33-20)21(31)29(23(30)32)12-17-25-27-28-26-17;1-14(2)31-17(16-7-5-4-6-8-16)13-27-22-18(21(28)26(11-9-24)23(27)29)15(3)19(32-22)20-25-10-12-30-20/h4-10,13,16H,11-12H2,1-3H3,(H,25,26,27,28);4-8,10,12,14,17H,11,13H2,1-3H3/t16-;17-/m00/s1. The Morgan fingerprint density at radius 1 is 0.687 bits per heavy atom. The third-order valence-electron chi connectivity index (χ3n) is 10.7. The number of ether oxygens (including phenoxy) is 2. The van der Waals surface area contributed by atoms with Crippen molar-refractivity contribution in [3.05, 3.63) is 155 Å². The Balaban J connectivity index is 0.000000182. The second-order valence-corrected chi connectivity index (χ2v) is 17.9. The Bertz CT molecular complexity index is 3400. The largest absolute Gasteiger partial charge is 0.444 e. The number of hydrogen-bond acceptors (Lipinski definition) is 16. The summed E-state index contributed by atoms with van der Waals surface area (Å²) in [6.45, 7) is 11.3. The summed E-state index contributed by atoms with van der Waals surface area (Å²) in [4.78, 5) is 64.6. The van der Waals surface area contributed by atoms with Crippen molar-refractivity contribution in [3.63, 3.8) is 0 Å². The fourth-order valence-corrected chi connectivity index (χ4v) is 10.2. The van der Waals surface area contributed by atoms with Crippen LogP contribution < -0.4 is 22.5 Å². The molecular formula is C46H45N11O8S2. The number of hydrogen-bond donors (Lipinski definition) is 1. The Morgan fingerprint density at radius 3 is 1.55 bits per heavy atom. The second-order valence-electron chi connectivity index (χ2n) is 15.9. The van der Waals surface area contributed by atoms with Gasteiger partial charge in [0, 0.05) is 0 Å². The molecule has 9 rings (SSSR count). The fourth-order valence-electron chi connectivity index (χ4n) is 7.71. The van der Waals surface area contributed by atoms with Gasteiger partial charge < -0.3 is 18.3 Å². The van der Waals surface area contributed by atoms with E-state index in [1.807, 2.05) is 101 Å². The maximum atomic E-state index is 13.7. The summed E-state index contributed by atoms with van der Waals surface area (Å²) in [7, 11) is 0. The van der Waals surface area contributed by atoms with Gasteiger partial charge in [-0.25, -0.2) is 24.1 Å². The Hall–Kier alpha value is -7.38. The highest BCUT2D eigenvalue weighted by atomic mass is 32.1. The predicted octanol–water partition coefficient (Wildman–Crippen LogP) is 6.79. The fraction of sp³-hybridized carbons (Fsp3) is 0.304. The van der Waals surface area contributed by atoms with Crippen molar-refractivity contribution in [2.45, 2.75) is 92.1 Å². The molecule has 7 heterocycles. The van der Waals surface area contributed by atoms with Crippen LogP contribution in [0.15, 0.2) is 114 Å². The third-order valence-corrected chi connectivity index (χ3v) is 13.3. The number of aromatic nitrogens is 10. The van der Waals surface area contributed by atoms with E-state index >= 15 is 0 Å². The number of nitrogens with zero attached hydrogens (tertiary/aromatic N) is 10. The first-order valence-corrected chi connectivity index (χ1v) is 22.8. The van der Waals surface area contributed by atoms with E-state index in [2.05, 4.69) is 30.6 Å². The van der Waals surface area contributed by atoms with Crippen LogP contribution in [-0.4, -0.2) is 61.1 Å². The zero-order chi connectivity index (χ0) is 47.4. The maximum Gasteiger partial charge on any atom is 0.333 e. The van der Waals surface area contributed by atoms with Crippen molar-refractivity contribution in [2.75, 3.05) is 0 Å². The molecule has 67 heavy (non-hydrogen) atoms. The summed E-state index contributed by atoms with van der Waals surface area (Å²) in [5.74, 6) is 1.01. The van der Waals surface area contributed by atoms with Crippen LogP contribution in [0.3, 0.4) is 0 Å². The first-order chi connectivity index (χ1) is 32.4. The molecule has 0 spiro atoms. The van der Waals surface area contributed by atoms with Crippen LogP contribution in [0.5, 0.6) is 0 Å². The Morgan fingerprint density at radius 2 is 1.15 bits per heavy atom.